The molecular weight excluding hydrogens is 376 g/mol. The third-order valence-corrected chi connectivity index (χ3v) is 5.45. The smallest absolute Gasteiger partial charge is 0.336 e. The predicted octanol–water partition coefficient (Wildman–Crippen LogP) is 3.45. The van der Waals surface area contributed by atoms with Gasteiger partial charge < -0.3 is 15.0 Å². The summed E-state index contributed by atoms with van der Waals surface area (Å²) in [5.41, 5.74) is 2.00. The van der Waals surface area contributed by atoms with Crippen molar-refractivity contribution in [1.29, 1.82) is 0 Å². The first-order chi connectivity index (χ1) is 13.6. The first-order valence-corrected chi connectivity index (χ1v) is 10.4. The summed E-state index contributed by atoms with van der Waals surface area (Å²) in [5, 5.41) is 3.71. The van der Waals surface area contributed by atoms with Crippen LogP contribution < -0.4 is 10.9 Å². The highest BCUT2D eigenvalue weighted by atomic mass is 32.2. The summed E-state index contributed by atoms with van der Waals surface area (Å²) in [4.78, 5) is 37.2. The van der Waals surface area contributed by atoms with Crippen molar-refractivity contribution in [2.24, 2.45) is 0 Å². The second kappa shape index (κ2) is 9.05. The van der Waals surface area contributed by atoms with Crippen LogP contribution in [0.5, 0.6) is 0 Å². The summed E-state index contributed by atoms with van der Waals surface area (Å²) in [7, 11) is 0. The van der Waals surface area contributed by atoms with Gasteiger partial charge in [0, 0.05) is 23.8 Å². The maximum atomic E-state index is 13.0. The molecular formula is C20H24N4O3S. The predicted molar refractivity (Wildman–Crippen MR) is 110 cm³/mol. The Bertz CT molecular complexity index is 940. The van der Waals surface area contributed by atoms with E-state index in [1.54, 1.807) is 38.4 Å². The number of aromatic nitrogens is 3. The van der Waals surface area contributed by atoms with Crippen molar-refractivity contribution >= 4 is 23.5 Å². The van der Waals surface area contributed by atoms with Crippen molar-refractivity contribution in [3.8, 4) is 0 Å². The number of H-pyrrole nitrogens is 1. The molecule has 0 amide bonds. The molecule has 0 bridgehead atoms. The molecule has 2 N–H and O–H groups in total. The number of aromatic amines is 1. The van der Waals surface area contributed by atoms with E-state index >= 15 is 0 Å². The van der Waals surface area contributed by atoms with E-state index in [2.05, 4.69) is 27.2 Å². The van der Waals surface area contributed by atoms with Crippen LogP contribution >= 0.6 is 11.8 Å². The number of carbonyl (C=O) groups is 1. The number of unbranched alkanes of at least 4 members (excludes halogenated alkanes) is 1. The Morgan fingerprint density at radius 3 is 2.71 bits per heavy atom. The van der Waals surface area contributed by atoms with E-state index < -0.39 is 11.9 Å². The molecule has 2 aromatic heterocycles. The summed E-state index contributed by atoms with van der Waals surface area (Å²) in [6.45, 7) is 5.94. The zero-order valence-electron chi connectivity index (χ0n) is 16.2. The zero-order chi connectivity index (χ0) is 20.1. The van der Waals surface area contributed by atoms with Gasteiger partial charge in [-0.05, 0) is 38.0 Å². The fraction of sp³-hybridized carbons (Fsp3) is 0.400. The minimum atomic E-state index is -0.566. The highest BCUT2D eigenvalue weighted by Crippen LogP contribution is 2.39. The molecule has 0 spiro atoms. The lowest BCUT2D eigenvalue weighted by Crippen LogP contribution is -2.31. The monoisotopic (exact) mass is 400 g/mol. The maximum absolute atomic E-state index is 13.0. The highest BCUT2D eigenvalue weighted by Gasteiger charge is 2.36. The number of rotatable bonds is 7. The fourth-order valence-electron chi connectivity index (χ4n) is 3.18. The number of esters is 1. The number of nitrogens with zero attached hydrogens (tertiary/aromatic N) is 2. The van der Waals surface area contributed by atoms with E-state index in [0.717, 1.165) is 24.2 Å². The number of allylic oxidation sites excluding steroid dienone is 1. The Morgan fingerprint density at radius 2 is 2.04 bits per heavy atom. The van der Waals surface area contributed by atoms with Crippen molar-refractivity contribution in [2.75, 3.05) is 17.7 Å². The molecule has 1 atom stereocenters. The zero-order valence-corrected chi connectivity index (χ0v) is 17.1. The van der Waals surface area contributed by atoms with E-state index in [9.17, 15) is 9.59 Å². The van der Waals surface area contributed by atoms with Gasteiger partial charge in [0.1, 0.15) is 5.82 Å². The van der Waals surface area contributed by atoms with E-state index in [0.29, 0.717) is 27.8 Å². The van der Waals surface area contributed by atoms with E-state index in [1.165, 1.54) is 11.8 Å². The van der Waals surface area contributed by atoms with Gasteiger partial charge >= 0.3 is 5.97 Å². The number of anilines is 1. The van der Waals surface area contributed by atoms with Crippen molar-refractivity contribution in [1.82, 2.24) is 15.0 Å². The summed E-state index contributed by atoms with van der Waals surface area (Å²) < 4.78 is 5.26. The number of hydrogen-bond acceptors (Lipinski definition) is 7. The quantitative estimate of drug-likeness (QED) is 0.318. The molecule has 0 radical (unpaired) electrons. The van der Waals surface area contributed by atoms with Crippen molar-refractivity contribution in [2.45, 2.75) is 44.7 Å². The third kappa shape index (κ3) is 4.11. The normalized spacial score (nSPS) is 15.8. The van der Waals surface area contributed by atoms with Crippen LogP contribution in [0.4, 0.5) is 5.82 Å². The van der Waals surface area contributed by atoms with Gasteiger partial charge in [-0.3, -0.25) is 9.78 Å². The summed E-state index contributed by atoms with van der Waals surface area (Å²) >= 11 is 1.52. The molecule has 0 aromatic carbocycles. The van der Waals surface area contributed by atoms with Crippen molar-refractivity contribution in [3.05, 3.63) is 57.3 Å². The van der Waals surface area contributed by atoms with Gasteiger partial charge in [-0.1, -0.05) is 25.1 Å². The lowest BCUT2D eigenvalue weighted by atomic mass is 9.83. The standard InChI is InChI=1S/C20H24N4O3S/c1-4-6-11-28-20-23-17-16(18(25)24-20)15(13-7-9-21-10-8-13)14(12(3)22-17)19(26)27-5-2/h7-10,15H,4-6,11H2,1-3H3,(H2,22,23,24,25)/t15-/m1/s1. The molecule has 0 saturated heterocycles. The molecule has 1 aliphatic rings. The number of thioether (sulfide) groups is 1. The van der Waals surface area contributed by atoms with Gasteiger partial charge in [0.2, 0.25) is 0 Å². The van der Waals surface area contributed by atoms with E-state index in [4.69, 9.17) is 4.74 Å². The van der Waals surface area contributed by atoms with Crippen LogP contribution in [0.1, 0.15) is 50.7 Å². The molecule has 1 aliphatic heterocycles. The second-order valence-corrected chi connectivity index (χ2v) is 7.52. The molecule has 3 heterocycles. The Morgan fingerprint density at radius 1 is 1.29 bits per heavy atom. The number of nitrogens with one attached hydrogen (secondary N) is 2. The van der Waals surface area contributed by atoms with Crippen LogP contribution in [0, 0.1) is 0 Å². The van der Waals surface area contributed by atoms with Crippen LogP contribution in [0.3, 0.4) is 0 Å². The van der Waals surface area contributed by atoms with E-state index in [-0.39, 0.29) is 12.2 Å². The molecule has 0 saturated carbocycles. The van der Waals surface area contributed by atoms with Gasteiger partial charge in [-0.25, -0.2) is 9.78 Å². The first-order valence-electron chi connectivity index (χ1n) is 9.38. The summed E-state index contributed by atoms with van der Waals surface area (Å²) in [5.74, 6) is 0.356. The molecule has 148 valence electrons. The summed E-state index contributed by atoms with van der Waals surface area (Å²) in [6.07, 6.45) is 5.41. The lowest BCUT2D eigenvalue weighted by molar-refractivity contribution is -0.138. The van der Waals surface area contributed by atoms with Crippen LogP contribution in [0.25, 0.3) is 0 Å². The third-order valence-electron chi connectivity index (χ3n) is 4.49. The second-order valence-electron chi connectivity index (χ2n) is 6.43. The molecule has 8 heteroatoms. The SMILES string of the molecule is CCCCSc1nc2c(c(=O)[nH]1)[C@H](c1ccncc1)C(C(=O)OCC)=C(C)N2. The minimum absolute atomic E-state index is 0.257. The average molecular weight is 401 g/mol. The number of fused-ring (bicyclic) bond motifs is 1. The molecule has 28 heavy (non-hydrogen) atoms. The molecule has 3 rings (SSSR count). The molecule has 0 fully saturated rings. The highest BCUT2D eigenvalue weighted by molar-refractivity contribution is 7.99. The topological polar surface area (TPSA) is 97.0 Å². The lowest BCUT2D eigenvalue weighted by Gasteiger charge is -2.28. The minimum Gasteiger partial charge on any atom is -0.463 e. The summed E-state index contributed by atoms with van der Waals surface area (Å²) in [6, 6.07) is 3.60. The largest absolute Gasteiger partial charge is 0.463 e. The first kappa shape index (κ1) is 20.1. The Kier molecular flexibility index (Phi) is 6.51. The Balaban J connectivity index is 2.11. The van der Waals surface area contributed by atoms with Crippen LogP contribution in [-0.2, 0) is 9.53 Å². The Labute approximate surface area is 168 Å². The van der Waals surface area contributed by atoms with Gasteiger partial charge in [-0.2, -0.15) is 0 Å². The number of ether oxygens (including phenoxy) is 1. The molecule has 0 aliphatic carbocycles. The number of hydrogen-bond donors (Lipinski definition) is 2. The van der Waals surface area contributed by atoms with Gasteiger partial charge in [0.15, 0.2) is 5.16 Å². The van der Waals surface area contributed by atoms with Gasteiger partial charge in [-0.15, -0.1) is 0 Å². The average Bonchev–Trinajstić information content (AvgIpc) is 2.68. The van der Waals surface area contributed by atoms with Crippen molar-refractivity contribution in [3.63, 3.8) is 0 Å². The van der Waals surface area contributed by atoms with E-state index in [1.807, 2.05) is 0 Å². The van der Waals surface area contributed by atoms with Crippen LogP contribution in [0.2, 0.25) is 0 Å². The van der Waals surface area contributed by atoms with Gasteiger partial charge in [0.25, 0.3) is 5.56 Å². The molecule has 7 nitrogen and oxygen atoms in total. The number of carbonyl (C=O) groups excluding carboxylic acids is 1. The number of pyridine rings is 1. The van der Waals surface area contributed by atoms with Crippen molar-refractivity contribution < 1.29 is 9.53 Å². The maximum Gasteiger partial charge on any atom is 0.336 e. The molecule has 0 unspecified atom stereocenters. The molecule has 2 aromatic rings. The van der Waals surface area contributed by atoms with Crippen LogP contribution in [0.15, 0.2) is 45.7 Å². The Hall–Kier alpha value is -2.61. The fourth-order valence-corrected chi connectivity index (χ4v) is 4.13. The van der Waals surface area contributed by atoms with Crippen LogP contribution in [-0.4, -0.2) is 33.3 Å². The van der Waals surface area contributed by atoms with Gasteiger partial charge in [0.05, 0.1) is 23.7 Å².